The first kappa shape index (κ1) is 9.49. The summed E-state index contributed by atoms with van der Waals surface area (Å²) in [5.74, 6) is -0.284. The van der Waals surface area contributed by atoms with Crippen molar-refractivity contribution in [2.75, 3.05) is 6.54 Å². The number of carboxylic acid groups (broad SMARTS) is 1. The van der Waals surface area contributed by atoms with E-state index in [1.807, 2.05) is 6.92 Å². The van der Waals surface area contributed by atoms with E-state index in [1.54, 1.807) is 4.90 Å². The van der Waals surface area contributed by atoms with E-state index in [-0.39, 0.29) is 24.4 Å². The fourth-order valence-corrected chi connectivity index (χ4v) is 1.80. The molecular formula is C10H15NO3. The van der Waals surface area contributed by atoms with Crippen LogP contribution >= 0.6 is 0 Å². The summed E-state index contributed by atoms with van der Waals surface area (Å²) >= 11 is 0. The molecule has 0 saturated heterocycles. The lowest BCUT2D eigenvalue weighted by Crippen LogP contribution is -2.38. The fraction of sp³-hybridized carbons (Fsp3) is 0.800. The molecule has 0 aliphatic heterocycles. The van der Waals surface area contributed by atoms with E-state index >= 15 is 0 Å². The van der Waals surface area contributed by atoms with Crippen LogP contribution in [0.15, 0.2) is 0 Å². The molecule has 14 heavy (non-hydrogen) atoms. The first-order chi connectivity index (χ1) is 6.59. The molecule has 0 aromatic rings. The van der Waals surface area contributed by atoms with Crippen molar-refractivity contribution in [1.29, 1.82) is 0 Å². The lowest BCUT2D eigenvalue weighted by Gasteiger charge is -2.20. The maximum absolute atomic E-state index is 11.8. The first-order valence-corrected chi connectivity index (χ1v) is 5.12. The van der Waals surface area contributed by atoms with Crippen molar-refractivity contribution in [3.05, 3.63) is 0 Å². The number of aliphatic carboxylic acids is 1. The van der Waals surface area contributed by atoms with Gasteiger partial charge in [-0.05, 0) is 25.2 Å². The second-order valence-electron chi connectivity index (χ2n) is 4.41. The van der Waals surface area contributed by atoms with Gasteiger partial charge in [0, 0.05) is 12.0 Å². The van der Waals surface area contributed by atoms with Crippen molar-refractivity contribution >= 4 is 11.9 Å². The second-order valence-corrected chi connectivity index (χ2v) is 4.41. The average Bonchev–Trinajstić information content (AvgIpc) is 2.92. The lowest BCUT2D eigenvalue weighted by molar-refractivity contribution is -0.145. The minimum atomic E-state index is -0.904. The van der Waals surface area contributed by atoms with Gasteiger partial charge in [-0.25, -0.2) is 0 Å². The van der Waals surface area contributed by atoms with Gasteiger partial charge < -0.3 is 10.0 Å². The molecule has 0 aromatic heterocycles. The van der Waals surface area contributed by atoms with Crippen LogP contribution in [-0.2, 0) is 9.59 Å². The van der Waals surface area contributed by atoms with Crippen LogP contribution in [0.1, 0.15) is 26.2 Å². The fourth-order valence-electron chi connectivity index (χ4n) is 1.80. The van der Waals surface area contributed by atoms with E-state index in [0.717, 1.165) is 19.3 Å². The van der Waals surface area contributed by atoms with Crippen LogP contribution in [0.25, 0.3) is 0 Å². The third-order valence-electron chi connectivity index (χ3n) is 3.00. The van der Waals surface area contributed by atoms with Crippen LogP contribution < -0.4 is 0 Å². The summed E-state index contributed by atoms with van der Waals surface area (Å²) in [6, 6.07) is 0.214. The van der Waals surface area contributed by atoms with Gasteiger partial charge in [-0.2, -0.15) is 0 Å². The number of carbonyl (C=O) groups excluding carboxylic acids is 1. The molecule has 2 fully saturated rings. The first-order valence-electron chi connectivity index (χ1n) is 5.12. The molecule has 2 saturated carbocycles. The Morgan fingerprint density at radius 1 is 1.43 bits per heavy atom. The summed E-state index contributed by atoms with van der Waals surface area (Å²) in [4.78, 5) is 23.9. The van der Waals surface area contributed by atoms with Crippen molar-refractivity contribution in [1.82, 2.24) is 4.90 Å². The molecule has 2 atom stereocenters. The Morgan fingerprint density at radius 3 is 2.36 bits per heavy atom. The highest BCUT2D eigenvalue weighted by Crippen LogP contribution is 2.41. The summed E-state index contributed by atoms with van der Waals surface area (Å²) in [5, 5.41) is 8.68. The molecule has 4 heteroatoms. The highest BCUT2D eigenvalue weighted by atomic mass is 16.4. The monoisotopic (exact) mass is 197 g/mol. The van der Waals surface area contributed by atoms with Crippen LogP contribution in [0, 0.1) is 11.8 Å². The molecule has 2 unspecified atom stereocenters. The van der Waals surface area contributed by atoms with Crippen LogP contribution in [0.3, 0.4) is 0 Å². The number of carboxylic acids is 1. The molecule has 1 N–H and O–H groups in total. The predicted molar refractivity (Wildman–Crippen MR) is 49.6 cm³/mol. The van der Waals surface area contributed by atoms with Crippen molar-refractivity contribution in [2.45, 2.75) is 32.2 Å². The molecule has 0 bridgehead atoms. The molecular weight excluding hydrogens is 182 g/mol. The van der Waals surface area contributed by atoms with E-state index < -0.39 is 5.97 Å². The van der Waals surface area contributed by atoms with E-state index in [2.05, 4.69) is 0 Å². The van der Waals surface area contributed by atoms with E-state index in [4.69, 9.17) is 5.11 Å². The van der Waals surface area contributed by atoms with Crippen molar-refractivity contribution in [3.63, 3.8) is 0 Å². The maximum Gasteiger partial charge on any atom is 0.323 e. The zero-order valence-electron chi connectivity index (χ0n) is 8.27. The Hall–Kier alpha value is -1.06. The molecule has 0 heterocycles. The molecule has 2 rings (SSSR count). The van der Waals surface area contributed by atoms with Gasteiger partial charge in [-0.15, -0.1) is 0 Å². The molecule has 2 aliphatic rings. The Balaban J connectivity index is 1.95. The molecule has 78 valence electrons. The van der Waals surface area contributed by atoms with E-state index in [9.17, 15) is 9.59 Å². The van der Waals surface area contributed by atoms with Crippen LogP contribution in [0.5, 0.6) is 0 Å². The van der Waals surface area contributed by atoms with Crippen LogP contribution in [0.4, 0.5) is 0 Å². The zero-order valence-corrected chi connectivity index (χ0v) is 8.27. The minimum Gasteiger partial charge on any atom is -0.480 e. The third kappa shape index (κ3) is 1.89. The Kier molecular flexibility index (Phi) is 2.21. The summed E-state index contributed by atoms with van der Waals surface area (Å²) in [7, 11) is 0. The quantitative estimate of drug-likeness (QED) is 0.722. The van der Waals surface area contributed by atoms with Crippen molar-refractivity contribution in [3.8, 4) is 0 Å². The van der Waals surface area contributed by atoms with Gasteiger partial charge >= 0.3 is 5.97 Å². The number of hydrogen-bond acceptors (Lipinski definition) is 2. The molecule has 4 nitrogen and oxygen atoms in total. The van der Waals surface area contributed by atoms with Gasteiger partial charge in [0.25, 0.3) is 0 Å². The lowest BCUT2D eigenvalue weighted by atomic mass is 10.3. The minimum absolute atomic E-state index is 0.0578. The van der Waals surface area contributed by atoms with E-state index in [0.29, 0.717) is 5.92 Å². The Morgan fingerprint density at radius 2 is 2.00 bits per heavy atom. The number of nitrogens with zero attached hydrogens (tertiary/aromatic N) is 1. The summed E-state index contributed by atoms with van der Waals surface area (Å²) in [5.41, 5.74) is 0. The normalized spacial score (nSPS) is 29.8. The van der Waals surface area contributed by atoms with Crippen molar-refractivity contribution in [2.24, 2.45) is 11.8 Å². The summed E-state index contributed by atoms with van der Waals surface area (Å²) in [6.07, 6.45) is 2.88. The molecule has 0 aromatic carbocycles. The van der Waals surface area contributed by atoms with Crippen LogP contribution in [0.2, 0.25) is 0 Å². The summed E-state index contributed by atoms with van der Waals surface area (Å²) in [6.45, 7) is 1.92. The predicted octanol–water partition coefficient (Wildman–Crippen LogP) is 0.718. The van der Waals surface area contributed by atoms with Gasteiger partial charge in [-0.1, -0.05) is 6.92 Å². The molecule has 0 spiro atoms. The highest BCUT2D eigenvalue weighted by Gasteiger charge is 2.45. The Bertz CT molecular complexity index is 273. The third-order valence-corrected chi connectivity index (χ3v) is 3.00. The van der Waals surface area contributed by atoms with Gasteiger partial charge in [0.2, 0.25) is 5.91 Å². The number of hydrogen-bond donors (Lipinski definition) is 1. The van der Waals surface area contributed by atoms with Gasteiger partial charge in [0.1, 0.15) is 6.54 Å². The van der Waals surface area contributed by atoms with Crippen molar-refractivity contribution < 1.29 is 14.7 Å². The SMILES string of the molecule is CC1CC1C(=O)N(CC(=O)O)C1CC1. The number of rotatable bonds is 4. The van der Waals surface area contributed by atoms with Gasteiger partial charge in [0.15, 0.2) is 0 Å². The highest BCUT2D eigenvalue weighted by molar-refractivity contribution is 5.85. The molecule has 2 aliphatic carbocycles. The standard InChI is InChI=1S/C10H15NO3/c1-6-4-8(6)10(14)11(5-9(12)13)7-2-3-7/h6-8H,2-5H2,1H3,(H,12,13). The van der Waals surface area contributed by atoms with Gasteiger partial charge in [-0.3, -0.25) is 9.59 Å². The zero-order chi connectivity index (χ0) is 10.3. The molecule has 1 amide bonds. The van der Waals surface area contributed by atoms with Gasteiger partial charge in [0.05, 0.1) is 0 Å². The molecule has 0 radical (unpaired) electrons. The Labute approximate surface area is 82.9 Å². The number of carbonyl (C=O) groups is 2. The maximum atomic E-state index is 11.8. The summed E-state index contributed by atoms with van der Waals surface area (Å²) < 4.78 is 0. The average molecular weight is 197 g/mol. The number of amides is 1. The van der Waals surface area contributed by atoms with Crippen LogP contribution in [-0.4, -0.2) is 34.5 Å². The largest absolute Gasteiger partial charge is 0.480 e. The second kappa shape index (κ2) is 3.26. The topological polar surface area (TPSA) is 57.6 Å². The smallest absolute Gasteiger partial charge is 0.323 e. The van der Waals surface area contributed by atoms with E-state index in [1.165, 1.54) is 0 Å².